The number of anilines is 1. The molecule has 0 aliphatic carbocycles. The average molecular weight is 446 g/mol. The largest absolute Gasteiger partial charge is 0.494 e. The maximum Gasteiger partial charge on any atom is 0.264 e. The summed E-state index contributed by atoms with van der Waals surface area (Å²) in [6.45, 7) is 5.81. The molecule has 7 nitrogen and oxygen atoms in total. The van der Waals surface area contributed by atoms with E-state index in [0.717, 1.165) is 30.4 Å². The Balaban J connectivity index is 1.68. The van der Waals surface area contributed by atoms with Crippen LogP contribution >= 0.6 is 0 Å². The third kappa shape index (κ3) is 6.45. The highest BCUT2D eigenvalue weighted by molar-refractivity contribution is 7.92. The standard InChI is InChI=1S/C23H31N3O4S/c1-2-30-21-11-13-22(14-12-21)31(28,29)26(20-9-4-3-5-10-20)19-23(27)24-15-8-18-25-16-6-7-17-25/h3-5,9-14H,2,6-8,15-19H2,1H3,(H,24,27). The molecule has 1 saturated heterocycles. The number of ether oxygens (including phenoxy) is 1. The van der Waals surface area contributed by atoms with Crippen molar-refractivity contribution in [3.63, 3.8) is 0 Å². The first-order chi connectivity index (χ1) is 15.0. The summed E-state index contributed by atoms with van der Waals surface area (Å²) < 4.78 is 33.2. The van der Waals surface area contributed by atoms with E-state index in [0.29, 0.717) is 24.6 Å². The van der Waals surface area contributed by atoms with Crippen LogP contribution in [0.5, 0.6) is 5.75 Å². The zero-order chi connectivity index (χ0) is 22.1. The van der Waals surface area contributed by atoms with Gasteiger partial charge in [0.2, 0.25) is 5.91 Å². The fraction of sp³-hybridized carbons (Fsp3) is 0.435. The molecule has 1 aliphatic rings. The molecule has 0 unspecified atom stereocenters. The number of rotatable bonds is 11. The van der Waals surface area contributed by atoms with E-state index < -0.39 is 10.0 Å². The van der Waals surface area contributed by atoms with Gasteiger partial charge in [0.25, 0.3) is 10.0 Å². The predicted molar refractivity (Wildman–Crippen MR) is 122 cm³/mol. The number of sulfonamides is 1. The second-order valence-electron chi connectivity index (χ2n) is 7.50. The lowest BCUT2D eigenvalue weighted by molar-refractivity contribution is -0.119. The van der Waals surface area contributed by atoms with Crippen molar-refractivity contribution >= 4 is 21.6 Å². The van der Waals surface area contributed by atoms with Gasteiger partial charge in [0.15, 0.2) is 0 Å². The maximum absolute atomic E-state index is 13.3. The van der Waals surface area contributed by atoms with E-state index in [-0.39, 0.29) is 17.3 Å². The SMILES string of the molecule is CCOc1ccc(S(=O)(=O)N(CC(=O)NCCCN2CCCC2)c2ccccc2)cc1. The van der Waals surface area contributed by atoms with Crippen LogP contribution in [0.25, 0.3) is 0 Å². The molecule has 2 aromatic rings. The third-order valence-electron chi connectivity index (χ3n) is 5.23. The van der Waals surface area contributed by atoms with E-state index in [2.05, 4.69) is 10.2 Å². The molecular weight excluding hydrogens is 414 g/mol. The van der Waals surface area contributed by atoms with Crippen LogP contribution in [0, 0.1) is 0 Å². The normalized spacial score (nSPS) is 14.4. The van der Waals surface area contributed by atoms with Gasteiger partial charge in [-0.25, -0.2) is 8.42 Å². The van der Waals surface area contributed by atoms with Crippen LogP contribution in [0.15, 0.2) is 59.5 Å². The minimum Gasteiger partial charge on any atom is -0.494 e. The summed E-state index contributed by atoms with van der Waals surface area (Å²) in [5.74, 6) is 0.281. The molecule has 1 fully saturated rings. The van der Waals surface area contributed by atoms with E-state index in [1.165, 1.54) is 25.0 Å². The summed E-state index contributed by atoms with van der Waals surface area (Å²) in [5, 5.41) is 2.86. The smallest absolute Gasteiger partial charge is 0.264 e. The van der Waals surface area contributed by atoms with Gasteiger partial charge in [-0.3, -0.25) is 9.10 Å². The molecule has 1 N–H and O–H groups in total. The number of hydrogen-bond acceptors (Lipinski definition) is 5. The second-order valence-corrected chi connectivity index (χ2v) is 9.37. The minimum atomic E-state index is -3.92. The Morgan fingerprint density at radius 3 is 2.39 bits per heavy atom. The summed E-state index contributed by atoms with van der Waals surface area (Å²) in [7, 11) is -3.92. The van der Waals surface area contributed by atoms with Gasteiger partial charge in [0.05, 0.1) is 17.2 Å². The zero-order valence-electron chi connectivity index (χ0n) is 18.0. The molecule has 1 aliphatic heterocycles. The van der Waals surface area contributed by atoms with Crippen molar-refractivity contribution in [3.05, 3.63) is 54.6 Å². The predicted octanol–water partition coefficient (Wildman–Crippen LogP) is 2.88. The molecule has 1 amide bonds. The van der Waals surface area contributed by atoms with Gasteiger partial charge >= 0.3 is 0 Å². The highest BCUT2D eigenvalue weighted by Gasteiger charge is 2.27. The van der Waals surface area contributed by atoms with Gasteiger partial charge in [-0.1, -0.05) is 18.2 Å². The summed E-state index contributed by atoms with van der Waals surface area (Å²) in [5.41, 5.74) is 0.448. The van der Waals surface area contributed by atoms with Crippen LogP contribution in [-0.4, -0.2) is 58.6 Å². The summed E-state index contributed by atoms with van der Waals surface area (Å²) in [4.78, 5) is 15.1. The number of carbonyl (C=O) groups is 1. The first kappa shape index (κ1) is 23.1. The van der Waals surface area contributed by atoms with Crippen LogP contribution in [-0.2, 0) is 14.8 Å². The number of hydrogen-bond donors (Lipinski definition) is 1. The van der Waals surface area contributed by atoms with E-state index in [9.17, 15) is 13.2 Å². The number of nitrogens with one attached hydrogen (secondary N) is 1. The number of nitrogens with zero attached hydrogens (tertiary/aromatic N) is 2. The van der Waals surface area contributed by atoms with E-state index in [1.54, 1.807) is 36.4 Å². The Kier molecular flexibility index (Phi) is 8.31. The maximum atomic E-state index is 13.3. The summed E-state index contributed by atoms with van der Waals surface area (Å²) >= 11 is 0. The molecule has 8 heteroatoms. The Bertz CT molecular complexity index is 927. The highest BCUT2D eigenvalue weighted by atomic mass is 32.2. The van der Waals surface area contributed by atoms with Gasteiger partial charge in [0.1, 0.15) is 12.3 Å². The minimum absolute atomic E-state index is 0.113. The fourth-order valence-corrected chi connectivity index (χ4v) is 5.06. The second kappa shape index (κ2) is 11.2. The Morgan fingerprint density at radius 1 is 1.06 bits per heavy atom. The molecule has 3 rings (SSSR count). The number of para-hydroxylation sites is 1. The van der Waals surface area contributed by atoms with E-state index >= 15 is 0 Å². The van der Waals surface area contributed by atoms with Crippen LogP contribution in [0.4, 0.5) is 5.69 Å². The first-order valence-corrected chi connectivity index (χ1v) is 12.2. The Morgan fingerprint density at radius 2 is 1.74 bits per heavy atom. The molecule has 0 aromatic heterocycles. The van der Waals surface area contributed by atoms with Crippen molar-refractivity contribution in [1.29, 1.82) is 0 Å². The molecule has 1 heterocycles. The van der Waals surface area contributed by atoms with Crippen molar-refractivity contribution in [1.82, 2.24) is 10.2 Å². The molecule has 31 heavy (non-hydrogen) atoms. The van der Waals surface area contributed by atoms with Crippen molar-refractivity contribution < 1.29 is 17.9 Å². The van der Waals surface area contributed by atoms with Crippen molar-refractivity contribution in [2.45, 2.75) is 31.1 Å². The molecule has 168 valence electrons. The van der Waals surface area contributed by atoms with Gasteiger partial charge < -0.3 is 15.0 Å². The third-order valence-corrected chi connectivity index (χ3v) is 7.01. The molecular formula is C23H31N3O4S. The van der Waals surface area contributed by atoms with E-state index in [4.69, 9.17) is 4.74 Å². The molecule has 0 bridgehead atoms. The molecule has 2 aromatic carbocycles. The van der Waals surface area contributed by atoms with Crippen LogP contribution in [0.2, 0.25) is 0 Å². The van der Waals surface area contributed by atoms with Crippen LogP contribution < -0.4 is 14.4 Å². The molecule has 0 spiro atoms. The van der Waals surface area contributed by atoms with E-state index in [1.807, 2.05) is 13.0 Å². The Hall–Kier alpha value is -2.58. The lowest BCUT2D eigenvalue weighted by atomic mass is 10.3. The monoisotopic (exact) mass is 445 g/mol. The topological polar surface area (TPSA) is 79.0 Å². The van der Waals surface area contributed by atoms with Crippen molar-refractivity contribution in [2.75, 3.05) is 43.6 Å². The van der Waals surface area contributed by atoms with Gasteiger partial charge in [-0.05, 0) is 82.2 Å². The molecule has 0 saturated carbocycles. The lowest BCUT2D eigenvalue weighted by Crippen LogP contribution is -2.41. The average Bonchev–Trinajstić information content (AvgIpc) is 3.30. The number of carbonyl (C=O) groups excluding carboxylic acids is 1. The number of benzene rings is 2. The fourth-order valence-electron chi connectivity index (χ4n) is 3.63. The molecule has 0 atom stereocenters. The lowest BCUT2D eigenvalue weighted by Gasteiger charge is -2.24. The number of likely N-dealkylation sites (tertiary alicyclic amines) is 1. The van der Waals surface area contributed by atoms with Crippen LogP contribution in [0.1, 0.15) is 26.2 Å². The quantitative estimate of drug-likeness (QED) is 0.538. The summed E-state index contributed by atoms with van der Waals surface area (Å²) in [6, 6.07) is 14.9. The first-order valence-electron chi connectivity index (χ1n) is 10.8. The van der Waals surface area contributed by atoms with Crippen LogP contribution in [0.3, 0.4) is 0 Å². The van der Waals surface area contributed by atoms with Crippen molar-refractivity contribution in [2.24, 2.45) is 0 Å². The zero-order valence-corrected chi connectivity index (χ0v) is 18.8. The highest BCUT2D eigenvalue weighted by Crippen LogP contribution is 2.25. The van der Waals surface area contributed by atoms with Gasteiger partial charge in [0, 0.05) is 6.54 Å². The summed E-state index contributed by atoms with van der Waals surface area (Å²) in [6.07, 6.45) is 3.33. The molecule has 0 radical (unpaired) electrons. The van der Waals surface area contributed by atoms with Crippen molar-refractivity contribution in [3.8, 4) is 5.75 Å². The Labute approximate surface area is 185 Å². The van der Waals surface area contributed by atoms with Gasteiger partial charge in [-0.2, -0.15) is 0 Å². The number of amides is 1. The van der Waals surface area contributed by atoms with Gasteiger partial charge in [-0.15, -0.1) is 0 Å².